The van der Waals surface area contributed by atoms with Gasteiger partial charge in [-0.15, -0.1) is 0 Å². The van der Waals surface area contributed by atoms with E-state index < -0.39 is 0 Å². The third-order valence-corrected chi connectivity index (χ3v) is 3.41. The van der Waals surface area contributed by atoms with Crippen LogP contribution in [-0.4, -0.2) is 17.1 Å². The van der Waals surface area contributed by atoms with E-state index >= 15 is 0 Å². The highest BCUT2D eigenvalue weighted by molar-refractivity contribution is 6.30. The number of pyridine rings is 2. The van der Waals surface area contributed by atoms with E-state index in [1.807, 2.05) is 36.4 Å². The average molecular weight is 312 g/mol. The number of methoxy groups -OCH3 is 1. The van der Waals surface area contributed by atoms with Gasteiger partial charge in [-0.25, -0.2) is 0 Å². The zero-order valence-corrected chi connectivity index (χ0v) is 12.7. The minimum atomic E-state index is 0.708. The van der Waals surface area contributed by atoms with Gasteiger partial charge in [-0.05, 0) is 36.4 Å². The van der Waals surface area contributed by atoms with Crippen LogP contribution in [0.5, 0.6) is 5.75 Å². The number of benzene rings is 1. The molecule has 1 aromatic carbocycles. The summed E-state index contributed by atoms with van der Waals surface area (Å²) in [5, 5.41) is 4.01. The van der Waals surface area contributed by atoms with Crippen LogP contribution in [0.3, 0.4) is 0 Å². The van der Waals surface area contributed by atoms with Gasteiger partial charge in [0.2, 0.25) is 0 Å². The van der Waals surface area contributed by atoms with Crippen LogP contribution in [0.4, 0.5) is 11.4 Å². The number of nitrogens with one attached hydrogen (secondary N) is 1. The van der Waals surface area contributed by atoms with Crippen molar-refractivity contribution < 1.29 is 4.74 Å². The second-order valence-electron chi connectivity index (χ2n) is 4.71. The van der Waals surface area contributed by atoms with Gasteiger partial charge in [-0.3, -0.25) is 9.97 Å². The van der Waals surface area contributed by atoms with Crippen LogP contribution in [0.15, 0.2) is 61.2 Å². The van der Waals surface area contributed by atoms with Gasteiger partial charge in [0.25, 0.3) is 0 Å². The van der Waals surface area contributed by atoms with E-state index in [9.17, 15) is 0 Å². The monoisotopic (exact) mass is 311 g/mol. The minimum absolute atomic E-state index is 0.708. The van der Waals surface area contributed by atoms with Gasteiger partial charge in [-0.2, -0.15) is 0 Å². The quantitative estimate of drug-likeness (QED) is 0.768. The molecule has 0 aliphatic carbocycles. The molecule has 0 aliphatic heterocycles. The minimum Gasteiger partial charge on any atom is -0.495 e. The maximum Gasteiger partial charge on any atom is 0.137 e. The fourth-order valence-electron chi connectivity index (χ4n) is 2.05. The highest BCUT2D eigenvalue weighted by atomic mass is 35.5. The van der Waals surface area contributed by atoms with Crippen LogP contribution >= 0.6 is 11.6 Å². The Morgan fingerprint density at radius 1 is 0.864 bits per heavy atom. The number of hydrogen-bond donors (Lipinski definition) is 1. The smallest absolute Gasteiger partial charge is 0.137 e. The first-order valence-corrected chi connectivity index (χ1v) is 7.09. The molecule has 0 bridgehead atoms. The summed E-state index contributed by atoms with van der Waals surface area (Å²) < 4.78 is 5.20. The lowest BCUT2D eigenvalue weighted by Crippen LogP contribution is -1.92. The lowest BCUT2D eigenvalue weighted by molar-refractivity contribution is 0.413. The maximum atomic E-state index is 5.89. The molecule has 0 unspecified atom stereocenters. The van der Waals surface area contributed by atoms with Gasteiger partial charge < -0.3 is 10.1 Å². The molecule has 3 aromatic rings. The number of rotatable bonds is 4. The van der Waals surface area contributed by atoms with Crippen LogP contribution < -0.4 is 10.1 Å². The van der Waals surface area contributed by atoms with Crippen molar-refractivity contribution in [2.75, 3.05) is 12.4 Å². The molecule has 0 saturated carbocycles. The molecule has 110 valence electrons. The van der Waals surface area contributed by atoms with Gasteiger partial charge in [0.15, 0.2) is 0 Å². The molecule has 22 heavy (non-hydrogen) atoms. The summed E-state index contributed by atoms with van der Waals surface area (Å²) in [4.78, 5) is 8.44. The van der Waals surface area contributed by atoms with Crippen molar-refractivity contribution in [1.82, 2.24) is 9.97 Å². The third kappa shape index (κ3) is 3.35. The fraction of sp³-hybridized carbons (Fsp3) is 0.0588. The van der Waals surface area contributed by atoms with Crippen molar-refractivity contribution in [2.45, 2.75) is 0 Å². The van der Waals surface area contributed by atoms with E-state index in [0.717, 1.165) is 22.5 Å². The lowest BCUT2D eigenvalue weighted by Gasteiger charge is -2.09. The van der Waals surface area contributed by atoms with Crippen molar-refractivity contribution in [1.29, 1.82) is 0 Å². The zero-order chi connectivity index (χ0) is 15.4. The number of anilines is 2. The molecule has 5 heteroatoms. The molecule has 3 rings (SSSR count). The van der Waals surface area contributed by atoms with Crippen LogP contribution in [0.2, 0.25) is 5.02 Å². The molecule has 0 saturated heterocycles. The van der Waals surface area contributed by atoms with Crippen LogP contribution in [0.1, 0.15) is 0 Å². The number of halogens is 1. The van der Waals surface area contributed by atoms with E-state index in [0.29, 0.717) is 10.8 Å². The Kier molecular flexibility index (Phi) is 4.21. The SMILES string of the molecule is COc1cncc(-c2cncc(Nc3ccc(Cl)cc3)c2)c1. The third-order valence-electron chi connectivity index (χ3n) is 3.15. The Labute approximate surface area is 133 Å². The van der Waals surface area contributed by atoms with E-state index in [4.69, 9.17) is 16.3 Å². The summed E-state index contributed by atoms with van der Waals surface area (Å²) in [5.41, 5.74) is 3.76. The molecular weight excluding hydrogens is 298 g/mol. The average Bonchev–Trinajstić information content (AvgIpc) is 2.57. The Morgan fingerprint density at radius 2 is 1.55 bits per heavy atom. The molecule has 2 aromatic heterocycles. The zero-order valence-electron chi connectivity index (χ0n) is 12.0. The van der Waals surface area contributed by atoms with Crippen molar-refractivity contribution >= 4 is 23.0 Å². The summed E-state index contributed by atoms with van der Waals surface area (Å²) in [5.74, 6) is 0.716. The van der Waals surface area contributed by atoms with Crippen LogP contribution in [0, 0.1) is 0 Å². The first-order chi connectivity index (χ1) is 10.7. The molecule has 0 spiro atoms. The molecule has 0 aliphatic rings. The molecule has 0 radical (unpaired) electrons. The predicted molar refractivity (Wildman–Crippen MR) is 88.8 cm³/mol. The van der Waals surface area contributed by atoms with Gasteiger partial charge in [-0.1, -0.05) is 11.6 Å². The van der Waals surface area contributed by atoms with E-state index in [1.54, 1.807) is 31.9 Å². The standard InChI is InChI=1S/C17H14ClN3O/c1-22-17-7-13(9-20-11-17)12-6-16(10-19-8-12)21-15-4-2-14(18)3-5-15/h2-11,21H,1H3. The molecule has 0 fully saturated rings. The largest absolute Gasteiger partial charge is 0.495 e. The predicted octanol–water partition coefficient (Wildman–Crippen LogP) is 4.55. The second kappa shape index (κ2) is 6.45. The van der Waals surface area contributed by atoms with E-state index in [2.05, 4.69) is 15.3 Å². The van der Waals surface area contributed by atoms with Crippen molar-refractivity contribution in [3.05, 3.63) is 66.2 Å². The summed E-state index contributed by atoms with van der Waals surface area (Å²) in [6.07, 6.45) is 7.02. The van der Waals surface area contributed by atoms with Gasteiger partial charge >= 0.3 is 0 Å². The Bertz CT molecular complexity index is 775. The Morgan fingerprint density at radius 3 is 2.27 bits per heavy atom. The Balaban J connectivity index is 1.87. The molecule has 4 nitrogen and oxygen atoms in total. The first kappa shape index (κ1) is 14.4. The number of ether oxygens (including phenoxy) is 1. The molecule has 2 heterocycles. The lowest BCUT2D eigenvalue weighted by atomic mass is 10.1. The highest BCUT2D eigenvalue weighted by Gasteiger charge is 2.03. The van der Waals surface area contributed by atoms with E-state index in [-0.39, 0.29) is 0 Å². The van der Waals surface area contributed by atoms with Crippen LogP contribution in [-0.2, 0) is 0 Å². The molecule has 1 N–H and O–H groups in total. The normalized spacial score (nSPS) is 10.3. The number of nitrogens with zero attached hydrogens (tertiary/aromatic N) is 2. The van der Waals surface area contributed by atoms with Gasteiger partial charge in [0.05, 0.1) is 25.2 Å². The topological polar surface area (TPSA) is 47.0 Å². The van der Waals surface area contributed by atoms with Crippen molar-refractivity contribution in [3.63, 3.8) is 0 Å². The van der Waals surface area contributed by atoms with E-state index in [1.165, 1.54) is 0 Å². The molecular formula is C17H14ClN3O. The van der Waals surface area contributed by atoms with Gasteiger partial charge in [0.1, 0.15) is 5.75 Å². The summed E-state index contributed by atoms with van der Waals surface area (Å²) >= 11 is 5.89. The van der Waals surface area contributed by atoms with Crippen molar-refractivity contribution in [2.24, 2.45) is 0 Å². The van der Waals surface area contributed by atoms with Crippen LogP contribution in [0.25, 0.3) is 11.1 Å². The van der Waals surface area contributed by atoms with Gasteiger partial charge in [0, 0.05) is 34.2 Å². The maximum absolute atomic E-state index is 5.89. The molecule has 0 amide bonds. The Hall–Kier alpha value is -2.59. The number of aromatic nitrogens is 2. The second-order valence-corrected chi connectivity index (χ2v) is 5.14. The fourth-order valence-corrected chi connectivity index (χ4v) is 2.18. The first-order valence-electron chi connectivity index (χ1n) is 6.71. The molecule has 0 atom stereocenters. The highest BCUT2D eigenvalue weighted by Crippen LogP contribution is 2.25. The summed E-state index contributed by atoms with van der Waals surface area (Å²) in [6, 6.07) is 11.5. The summed E-state index contributed by atoms with van der Waals surface area (Å²) in [7, 11) is 1.62. The number of hydrogen-bond acceptors (Lipinski definition) is 4. The van der Waals surface area contributed by atoms with Crippen molar-refractivity contribution in [3.8, 4) is 16.9 Å². The summed E-state index contributed by atoms with van der Waals surface area (Å²) in [6.45, 7) is 0.